The van der Waals surface area contributed by atoms with E-state index < -0.39 is 0 Å². The number of aryl methyl sites for hydroxylation is 1. The van der Waals surface area contributed by atoms with Crippen molar-refractivity contribution in [2.75, 3.05) is 0 Å². The predicted molar refractivity (Wildman–Crippen MR) is 71.1 cm³/mol. The highest BCUT2D eigenvalue weighted by atomic mass is 15.2. The zero-order chi connectivity index (χ0) is 12.5. The summed E-state index contributed by atoms with van der Waals surface area (Å²) in [5.74, 6) is 0. The minimum atomic E-state index is 0.479. The summed E-state index contributed by atoms with van der Waals surface area (Å²) in [6, 6.07) is 8.05. The van der Waals surface area contributed by atoms with Crippen molar-refractivity contribution in [2.24, 2.45) is 5.73 Å². The Morgan fingerprint density at radius 1 is 1.28 bits per heavy atom. The highest BCUT2D eigenvalue weighted by Gasteiger charge is 2.13. The van der Waals surface area contributed by atoms with Gasteiger partial charge in [-0.15, -0.1) is 0 Å². The van der Waals surface area contributed by atoms with E-state index in [-0.39, 0.29) is 0 Å². The molecule has 4 nitrogen and oxygen atoms in total. The van der Waals surface area contributed by atoms with Crippen molar-refractivity contribution >= 4 is 5.52 Å². The van der Waals surface area contributed by atoms with Gasteiger partial charge in [0.05, 0.1) is 11.2 Å². The van der Waals surface area contributed by atoms with Gasteiger partial charge in [-0.1, -0.05) is 6.07 Å². The number of rotatable bonds is 2. The van der Waals surface area contributed by atoms with Crippen molar-refractivity contribution in [3.8, 4) is 11.1 Å². The van der Waals surface area contributed by atoms with Gasteiger partial charge in [0, 0.05) is 30.7 Å². The van der Waals surface area contributed by atoms with Crippen LogP contribution >= 0.6 is 0 Å². The number of hydrogen-bond acceptors (Lipinski definition) is 3. The third kappa shape index (κ3) is 1.58. The first kappa shape index (κ1) is 10.9. The second-order valence-electron chi connectivity index (χ2n) is 4.23. The summed E-state index contributed by atoms with van der Waals surface area (Å²) in [7, 11) is 0. The van der Waals surface area contributed by atoms with Gasteiger partial charge in [-0.3, -0.25) is 4.98 Å². The lowest BCUT2D eigenvalue weighted by Gasteiger charge is -2.06. The standard InChI is InChI=1S/C14H14N4/c1-10-14(12-5-6-16-9-11(12)8-15)13-4-2-3-7-18(13)17-10/h2-7,9H,8,15H2,1H3. The maximum Gasteiger partial charge on any atom is 0.0743 e. The Morgan fingerprint density at radius 3 is 3.00 bits per heavy atom. The van der Waals surface area contributed by atoms with Crippen LogP contribution in [0.4, 0.5) is 0 Å². The summed E-state index contributed by atoms with van der Waals surface area (Å²) in [4.78, 5) is 4.13. The zero-order valence-electron chi connectivity index (χ0n) is 10.2. The molecule has 0 aliphatic heterocycles. The fourth-order valence-corrected chi connectivity index (χ4v) is 2.28. The molecule has 3 heterocycles. The van der Waals surface area contributed by atoms with Crippen LogP contribution in [0.25, 0.3) is 16.6 Å². The van der Waals surface area contributed by atoms with E-state index >= 15 is 0 Å². The van der Waals surface area contributed by atoms with Gasteiger partial charge in [0.25, 0.3) is 0 Å². The van der Waals surface area contributed by atoms with Crippen molar-refractivity contribution in [2.45, 2.75) is 13.5 Å². The third-order valence-corrected chi connectivity index (χ3v) is 3.11. The monoisotopic (exact) mass is 238 g/mol. The number of nitrogens with two attached hydrogens (primary N) is 1. The molecular formula is C14H14N4. The molecule has 3 aromatic rings. The van der Waals surface area contributed by atoms with E-state index in [0.29, 0.717) is 6.54 Å². The van der Waals surface area contributed by atoms with Gasteiger partial charge in [-0.05, 0) is 36.2 Å². The van der Waals surface area contributed by atoms with Crippen LogP contribution in [0.1, 0.15) is 11.3 Å². The van der Waals surface area contributed by atoms with Crippen LogP contribution in [0.2, 0.25) is 0 Å². The van der Waals surface area contributed by atoms with Gasteiger partial charge in [0.15, 0.2) is 0 Å². The van der Waals surface area contributed by atoms with E-state index in [1.807, 2.05) is 42.0 Å². The Bertz CT molecular complexity index is 700. The van der Waals surface area contributed by atoms with Crippen LogP contribution < -0.4 is 5.73 Å². The van der Waals surface area contributed by atoms with Crippen molar-refractivity contribution in [1.82, 2.24) is 14.6 Å². The van der Waals surface area contributed by atoms with E-state index in [1.165, 1.54) is 0 Å². The van der Waals surface area contributed by atoms with Gasteiger partial charge in [0.1, 0.15) is 0 Å². The fourth-order valence-electron chi connectivity index (χ4n) is 2.28. The number of nitrogens with zero attached hydrogens (tertiary/aromatic N) is 3. The molecule has 0 aromatic carbocycles. The van der Waals surface area contributed by atoms with E-state index in [9.17, 15) is 0 Å². The predicted octanol–water partition coefficient (Wildman–Crippen LogP) is 2.16. The smallest absolute Gasteiger partial charge is 0.0743 e. The van der Waals surface area contributed by atoms with Gasteiger partial charge < -0.3 is 5.73 Å². The molecule has 0 aliphatic rings. The lowest BCUT2D eigenvalue weighted by molar-refractivity contribution is 0.934. The van der Waals surface area contributed by atoms with Crippen LogP contribution in [-0.4, -0.2) is 14.6 Å². The van der Waals surface area contributed by atoms with E-state index in [4.69, 9.17) is 5.73 Å². The Morgan fingerprint density at radius 2 is 2.17 bits per heavy atom. The van der Waals surface area contributed by atoms with Crippen molar-refractivity contribution in [3.05, 3.63) is 54.1 Å². The molecule has 0 atom stereocenters. The van der Waals surface area contributed by atoms with Crippen molar-refractivity contribution < 1.29 is 0 Å². The van der Waals surface area contributed by atoms with Gasteiger partial charge >= 0.3 is 0 Å². The van der Waals surface area contributed by atoms with Crippen LogP contribution in [0.3, 0.4) is 0 Å². The Kier molecular flexibility index (Phi) is 2.57. The zero-order valence-corrected chi connectivity index (χ0v) is 10.2. The Labute approximate surface area is 105 Å². The van der Waals surface area contributed by atoms with Gasteiger partial charge in [-0.2, -0.15) is 5.10 Å². The largest absolute Gasteiger partial charge is 0.326 e. The molecule has 18 heavy (non-hydrogen) atoms. The normalized spacial score (nSPS) is 11.0. The highest BCUT2D eigenvalue weighted by molar-refractivity contribution is 5.83. The third-order valence-electron chi connectivity index (χ3n) is 3.11. The molecule has 90 valence electrons. The number of pyridine rings is 2. The maximum atomic E-state index is 5.78. The van der Waals surface area contributed by atoms with E-state index in [2.05, 4.69) is 16.1 Å². The summed E-state index contributed by atoms with van der Waals surface area (Å²) >= 11 is 0. The van der Waals surface area contributed by atoms with Crippen molar-refractivity contribution in [1.29, 1.82) is 0 Å². The average molecular weight is 238 g/mol. The molecule has 0 aliphatic carbocycles. The van der Waals surface area contributed by atoms with Gasteiger partial charge in [0.2, 0.25) is 0 Å². The topological polar surface area (TPSA) is 56.2 Å². The number of fused-ring (bicyclic) bond motifs is 1. The SMILES string of the molecule is Cc1nn2ccccc2c1-c1ccncc1CN. The summed E-state index contributed by atoms with van der Waals surface area (Å²) in [5, 5.41) is 4.52. The molecule has 0 unspecified atom stereocenters. The highest BCUT2D eigenvalue weighted by Crippen LogP contribution is 2.30. The molecule has 2 N–H and O–H groups in total. The second-order valence-corrected chi connectivity index (χ2v) is 4.23. The Hall–Kier alpha value is -2.20. The van der Waals surface area contributed by atoms with Crippen LogP contribution in [-0.2, 0) is 6.54 Å². The number of hydrogen-bond donors (Lipinski definition) is 1. The molecule has 4 heteroatoms. The Balaban J connectivity index is 2.34. The quantitative estimate of drug-likeness (QED) is 0.744. The first-order valence-electron chi connectivity index (χ1n) is 5.88. The fraction of sp³-hybridized carbons (Fsp3) is 0.143. The average Bonchev–Trinajstić information content (AvgIpc) is 2.74. The minimum absolute atomic E-state index is 0.479. The summed E-state index contributed by atoms with van der Waals surface area (Å²) in [6.45, 7) is 2.50. The lowest BCUT2D eigenvalue weighted by Crippen LogP contribution is -1.99. The van der Waals surface area contributed by atoms with Gasteiger partial charge in [-0.25, -0.2) is 4.52 Å². The lowest BCUT2D eigenvalue weighted by atomic mass is 10.0. The van der Waals surface area contributed by atoms with E-state index in [0.717, 1.165) is 27.9 Å². The van der Waals surface area contributed by atoms with Crippen molar-refractivity contribution in [3.63, 3.8) is 0 Å². The summed E-state index contributed by atoms with van der Waals surface area (Å²) in [6.07, 6.45) is 5.57. The van der Waals surface area contributed by atoms with Crippen LogP contribution in [0.5, 0.6) is 0 Å². The molecular weight excluding hydrogens is 224 g/mol. The maximum absolute atomic E-state index is 5.78. The second kappa shape index (κ2) is 4.23. The minimum Gasteiger partial charge on any atom is -0.326 e. The summed E-state index contributed by atoms with van der Waals surface area (Å²) in [5.41, 5.74) is 11.2. The molecule has 0 radical (unpaired) electrons. The molecule has 0 saturated heterocycles. The molecule has 0 bridgehead atoms. The first-order chi connectivity index (χ1) is 8.81. The molecule has 3 rings (SSSR count). The molecule has 0 saturated carbocycles. The molecule has 0 fully saturated rings. The van der Waals surface area contributed by atoms with E-state index in [1.54, 1.807) is 6.20 Å². The number of aromatic nitrogens is 3. The van der Waals surface area contributed by atoms with Crippen LogP contribution in [0.15, 0.2) is 42.9 Å². The first-order valence-corrected chi connectivity index (χ1v) is 5.88. The summed E-state index contributed by atoms with van der Waals surface area (Å²) < 4.78 is 1.89. The molecule has 0 amide bonds. The molecule has 3 aromatic heterocycles. The van der Waals surface area contributed by atoms with Crippen LogP contribution in [0, 0.1) is 6.92 Å². The molecule has 0 spiro atoms.